The van der Waals surface area contributed by atoms with Gasteiger partial charge in [0.25, 0.3) is 0 Å². The fourth-order valence-electron chi connectivity index (χ4n) is 4.39. The third kappa shape index (κ3) is 3.39. The Bertz CT molecular complexity index is 1170. The third-order valence-electron chi connectivity index (χ3n) is 5.74. The minimum Gasteiger partial charge on any atom is -0.384 e. The predicted molar refractivity (Wildman–Crippen MR) is 125 cm³/mol. The summed E-state index contributed by atoms with van der Waals surface area (Å²) in [6.07, 6.45) is 1.12. The lowest BCUT2D eigenvalue weighted by Gasteiger charge is -2.44. The number of benzene rings is 1. The van der Waals surface area contributed by atoms with E-state index in [4.69, 9.17) is 17.3 Å². The van der Waals surface area contributed by atoms with E-state index in [1.165, 1.54) is 11.3 Å². The predicted octanol–water partition coefficient (Wildman–Crippen LogP) is 6.41. The van der Waals surface area contributed by atoms with Gasteiger partial charge in [0.05, 0.1) is 27.0 Å². The monoisotopic (exact) mass is 501 g/mol. The number of ketones is 1. The van der Waals surface area contributed by atoms with Crippen molar-refractivity contribution in [2.45, 2.75) is 39.5 Å². The van der Waals surface area contributed by atoms with Crippen molar-refractivity contribution in [3.63, 3.8) is 0 Å². The molecule has 2 aromatic rings. The highest BCUT2D eigenvalue weighted by molar-refractivity contribution is 9.11. The van der Waals surface area contributed by atoms with Crippen LogP contribution in [0, 0.1) is 23.7 Å². The van der Waals surface area contributed by atoms with Gasteiger partial charge in [-0.3, -0.25) is 9.69 Å². The number of nitrogens with two attached hydrogens (primary N) is 1. The minimum absolute atomic E-state index is 0.0701. The molecule has 0 fully saturated rings. The quantitative estimate of drug-likeness (QED) is 0.515. The van der Waals surface area contributed by atoms with E-state index >= 15 is 0 Å². The standard InChI is InChI=1S/C23H21BrClN3OS/c1-12-14(25)5-4-6-15(12)28-16-9-23(2,3)10-17(29)21(16)20(13(11-26)22(28)27)18-7-8-19(24)30-18/h4-8,20H,9-10,27H2,1-3H3. The molecule has 0 amide bonds. The van der Waals surface area contributed by atoms with Crippen LogP contribution in [0.15, 0.2) is 56.8 Å². The second kappa shape index (κ2) is 7.56. The molecule has 154 valence electrons. The summed E-state index contributed by atoms with van der Waals surface area (Å²) in [5.74, 6) is -0.0111. The Kier molecular flexibility index (Phi) is 5.34. The summed E-state index contributed by atoms with van der Waals surface area (Å²) in [7, 11) is 0. The Balaban J connectivity index is 2.03. The number of carbonyl (C=O) groups is 1. The molecule has 0 spiro atoms. The Morgan fingerprint density at radius 1 is 1.30 bits per heavy atom. The summed E-state index contributed by atoms with van der Waals surface area (Å²) in [6, 6.07) is 11.8. The van der Waals surface area contributed by atoms with Crippen molar-refractivity contribution in [2.75, 3.05) is 4.90 Å². The molecule has 0 bridgehead atoms. The van der Waals surface area contributed by atoms with Crippen molar-refractivity contribution >= 4 is 50.3 Å². The van der Waals surface area contributed by atoms with Gasteiger partial charge in [0.1, 0.15) is 5.82 Å². The smallest absolute Gasteiger partial charge is 0.162 e. The zero-order chi connectivity index (χ0) is 21.8. The number of thiophene rings is 1. The number of rotatable bonds is 2. The lowest BCUT2D eigenvalue weighted by Crippen LogP contribution is -2.42. The number of carbonyl (C=O) groups excluding carboxylic acids is 1. The van der Waals surface area contributed by atoms with Crippen molar-refractivity contribution in [1.82, 2.24) is 0 Å². The van der Waals surface area contributed by atoms with E-state index in [9.17, 15) is 10.1 Å². The van der Waals surface area contributed by atoms with Crippen molar-refractivity contribution in [1.29, 1.82) is 5.26 Å². The maximum absolute atomic E-state index is 13.4. The molecule has 1 aliphatic carbocycles. The average molecular weight is 503 g/mol. The zero-order valence-corrected chi connectivity index (χ0v) is 20.1. The highest BCUT2D eigenvalue weighted by Crippen LogP contribution is 2.52. The van der Waals surface area contributed by atoms with Crippen LogP contribution in [-0.4, -0.2) is 5.78 Å². The van der Waals surface area contributed by atoms with E-state index in [0.29, 0.717) is 34.8 Å². The average Bonchev–Trinajstić information content (AvgIpc) is 3.09. The highest BCUT2D eigenvalue weighted by atomic mass is 79.9. The number of hydrogen-bond donors (Lipinski definition) is 1. The van der Waals surface area contributed by atoms with Gasteiger partial charge in [-0.1, -0.05) is 31.5 Å². The number of nitrogens with zero attached hydrogens (tertiary/aromatic N) is 2. The van der Waals surface area contributed by atoms with Crippen LogP contribution >= 0.6 is 38.9 Å². The van der Waals surface area contributed by atoms with Crippen LogP contribution in [0.5, 0.6) is 0 Å². The number of nitriles is 1. The van der Waals surface area contributed by atoms with Gasteiger partial charge in [0.15, 0.2) is 5.78 Å². The molecule has 2 aliphatic rings. The molecule has 0 radical (unpaired) electrons. The van der Waals surface area contributed by atoms with Gasteiger partial charge in [-0.15, -0.1) is 11.3 Å². The van der Waals surface area contributed by atoms with Gasteiger partial charge in [-0.2, -0.15) is 5.26 Å². The van der Waals surface area contributed by atoms with Crippen LogP contribution in [-0.2, 0) is 4.79 Å². The van der Waals surface area contributed by atoms with Crippen molar-refractivity contribution in [3.05, 3.63) is 72.2 Å². The normalized spacial score (nSPS) is 21.0. The summed E-state index contributed by atoms with van der Waals surface area (Å²) in [5.41, 5.74) is 10.0. The molecule has 1 aliphatic heterocycles. The maximum atomic E-state index is 13.4. The molecular formula is C23H21BrClN3OS. The second-order valence-electron chi connectivity index (χ2n) is 8.51. The van der Waals surface area contributed by atoms with Crippen LogP contribution < -0.4 is 10.6 Å². The van der Waals surface area contributed by atoms with E-state index < -0.39 is 5.92 Å². The first-order valence-corrected chi connectivity index (χ1v) is 11.6. The first-order chi connectivity index (χ1) is 14.1. The molecule has 30 heavy (non-hydrogen) atoms. The van der Waals surface area contributed by atoms with Crippen molar-refractivity contribution in [3.8, 4) is 6.07 Å². The van der Waals surface area contributed by atoms with Crippen molar-refractivity contribution < 1.29 is 4.79 Å². The number of anilines is 1. The molecule has 2 heterocycles. The molecule has 4 nitrogen and oxygen atoms in total. The SMILES string of the molecule is Cc1c(Cl)cccc1N1C(N)=C(C#N)C(c2ccc(Br)s2)C2=C1CC(C)(C)CC2=O. The highest BCUT2D eigenvalue weighted by Gasteiger charge is 2.45. The molecular weight excluding hydrogens is 482 g/mol. The Morgan fingerprint density at radius 3 is 2.67 bits per heavy atom. The topological polar surface area (TPSA) is 70.1 Å². The van der Waals surface area contributed by atoms with Gasteiger partial charge >= 0.3 is 0 Å². The van der Waals surface area contributed by atoms with Gasteiger partial charge in [-0.05, 0) is 64.5 Å². The summed E-state index contributed by atoms with van der Waals surface area (Å²) >= 11 is 11.4. The summed E-state index contributed by atoms with van der Waals surface area (Å²) < 4.78 is 0.951. The van der Waals surface area contributed by atoms with Crippen LogP contribution in [0.3, 0.4) is 0 Å². The van der Waals surface area contributed by atoms with Crippen LogP contribution in [0.2, 0.25) is 5.02 Å². The van der Waals surface area contributed by atoms with Gasteiger partial charge in [0, 0.05) is 27.6 Å². The number of Topliss-reactive ketones (excluding diaryl/α,β-unsaturated/α-hetero) is 1. The fourth-order valence-corrected chi connectivity index (χ4v) is 6.10. The van der Waals surface area contributed by atoms with E-state index in [-0.39, 0.29) is 11.2 Å². The molecule has 0 saturated heterocycles. The summed E-state index contributed by atoms with van der Waals surface area (Å²) in [4.78, 5) is 16.3. The number of allylic oxidation sites excluding steroid dienone is 3. The summed E-state index contributed by atoms with van der Waals surface area (Å²) in [6.45, 7) is 6.11. The minimum atomic E-state index is -0.444. The third-order valence-corrected chi connectivity index (χ3v) is 7.84. The zero-order valence-electron chi connectivity index (χ0n) is 16.9. The Morgan fingerprint density at radius 2 is 2.03 bits per heavy atom. The molecule has 0 saturated carbocycles. The molecule has 2 N–H and O–H groups in total. The number of hydrogen-bond acceptors (Lipinski definition) is 5. The molecule has 1 unspecified atom stereocenters. The molecule has 1 aromatic heterocycles. The van der Waals surface area contributed by atoms with Gasteiger partial charge in [-0.25, -0.2) is 0 Å². The second-order valence-corrected chi connectivity index (χ2v) is 11.4. The van der Waals surface area contributed by atoms with Crippen LogP contribution in [0.4, 0.5) is 5.69 Å². The largest absolute Gasteiger partial charge is 0.384 e. The first-order valence-electron chi connectivity index (χ1n) is 9.61. The van der Waals surface area contributed by atoms with Gasteiger partial charge in [0.2, 0.25) is 0 Å². The summed E-state index contributed by atoms with van der Waals surface area (Å²) in [5, 5.41) is 10.7. The molecule has 7 heteroatoms. The first kappa shape index (κ1) is 21.2. The molecule has 4 rings (SSSR count). The number of halogens is 2. The van der Waals surface area contributed by atoms with E-state index in [1.54, 1.807) is 0 Å². The molecule has 1 aromatic carbocycles. The van der Waals surface area contributed by atoms with Crippen LogP contribution in [0.1, 0.15) is 43.0 Å². The lowest BCUT2D eigenvalue weighted by molar-refractivity contribution is -0.118. The lowest BCUT2D eigenvalue weighted by atomic mass is 9.69. The molecule has 1 atom stereocenters. The van der Waals surface area contributed by atoms with Crippen molar-refractivity contribution in [2.24, 2.45) is 11.1 Å². The Labute approximate surface area is 193 Å². The van der Waals surface area contributed by atoms with Gasteiger partial charge < -0.3 is 5.73 Å². The van der Waals surface area contributed by atoms with E-state index in [0.717, 1.165) is 25.6 Å². The Hall–Kier alpha value is -2.07. The van der Waals surface area contributed by atoms with Crippen LogP contribution in [0.25, 0.3) is 0 Å². The maximum Gasteiger partial charge on any atom is 0.162 e. The fraction of sp³-hybridized carbons (Fsp3) is 0.304. The van der Waals surface area contributed by atoms with E-state index in [1.807, 2.05) is 42.2 Å². The van der Waals surface area contributed by atoms with E-state index in [2.05, 4.69) is 35.8 Å².